The molecule has 0 spiro atoms. The second-order valence-corrected chi connectivity index (χ2v) is 7.22. The van der Waals surface area contributed by atoms with E-state index in [-0.39, 0.29) is 0 Å². The quantitative estimate of drug-likeness (QED) is 0.774. The van der Waals surface area contributed by atoms with Crippen LogP contribution in [-0.2, 0) is 6.42 Å². The van der Waals surface area contributed by atoms with E-state index in [0.717, 1.165) is 6.42 Å². The maximum Gasteiger partial charge on any atom is 0.0682 e. The smallest absolute Gasteiger partial charge is 0.0682 e. The van der Waals surface area contributed by atoms with Crippen LogP contribution in [0.1, 0.15) is 89.2 Å². The Hall–Kier alpha value is -1.58. The highest BCUT2D eigenvalue weighted by Gasteiger charge is 2.18. The number of hydrogen-bond donors (Lipinski definition) is 0. The van der Waals surface area contributed by atoms with Crippen LogP contribution in [0.2, 0.25) is 0 Å². The molecule has 0 amide bonds. The van der Waals surface area contributed by atoms with E-state index in [1.54, 1.807) is 0 Å². The summed E-state index contributed by atoms with van der Waals surface area (Å²) in [6, 6.07) is 0.820. The van der Waals surface area contributed by atoms with Gasteiger partial charge in [-0.3, -0.25) is 9.36 Å². The van der Waals surface area contributed by atoms with Crippen LogP contribution in [-0.4, -0.2) is 19.6 Å². The Kier molecular flexibility index (Phi) is 5.09. The van der Waals surface area contributed by atoms with Crippen molar-refractivity contribution >= 4 is 0 Å². The summed E-state index contributed by atoms with van der Waals surface area (Å²) in [5.74, 6) is 0.912. The Morgan fingerprint density at radius 1 is 0.909 bits per heavy atom. The normalized spacial score (nSPS) is 13.5. The molecule has 2 aromatic heterocycles. The van der Waals surface area contributed by atoms with E-state index in [0.29, 0.717) is 23.9 Å². The molecule has 0 N–H and O–H groups in total. The SMILES string of the molecule is CC(C)c1nn(C(C)C)cc1CC(C)c1cnn(C(C)C)c1. The summed E-state index contributed by atoms with van der Waals surface area (Å²) in [4.78, 5) is 0. The average molecular weight is 302 g/mol. The summed E-state index contributed by atoms with van der Waals surface area (Å²) in [6.07, 6.45) is 7.43. The van der Waals surface area contributed by atoms with E-state index in [4.69, 9.17) is 5.10 Å². The highest BCUT2D eigenvalue weighted by molar-refractivity contribution is 5.24. The average Bonchev–Trinajstić information content (AvgIpc) is 3.04. The molecule has 0 aliphatic carbocycles. The van der Waals surface area contributed by atoms with Gasteiger partial charge in [0.1, 0.15) is 0 Å². The van der Waals surface area contributed by atoms with Crippen molar-refractivity contribution in [2.75, 3.05) is 0 Å². The first-order valence-corrected chi connectivity index (χ1v) is 8.41. The zero-order valence-electron chi connectivity index (χ0n) is 15.0. The lowest BCUT2D eigenvalue weighted by molar-refractivity contribution is 0.522. The van der Waals surface area contributed by atoms with Gasteiger partial charge < -0.3 is 0 Å². The van der Waals surface area contributed by atoms with Crippen molar-refractivity contribution in [2.24, 2.45) is 0 Å². The molecule has 0 radical (unpaired) electrons. The van der Waals surface area contributed by atoms with E-state index >= 15 is 0 Å². The van der Waals surface area contributed by atoms with Gasteiger partial charge in [0.25, 0.3) is 0 Å². The van der Waals surface area contributed by atoms with E-state index in [9.17, 15) is 0 Å². The Morgan fingerprint density at radius 3 is 2.05 bits per heavy atom. The summed E-state index contributed by atoms with van der Waals surface area (Å²) < 4.78 is 4.13. The van der Waals surface area contributed by atoms with Crippen LogP contribution in [0.3, 0.4) is 0 Å². The van der Waals surface area contributed by atoms with Crippen LogP contribution in [0.4, 0.5) is 0 Å². The van der Waals surface area contributed by atoms with Gasteiger partial charge in [0.15, 0.2) is 0 Å². The molecule has 2 rings (SSSR count). The summed E-state index contributed by atoms with van der Waals surface area (Å²) in [5, 5.41) is 9.25. The molecular formula is C18H30N4. The van der Waals surface area contributed by atoms with E-state index in [2.05, 4.69) is 70.6 Å². The van der Waals surface area contributed by atoms with Gasteiger partial charge in [-0.2, -0.15) is 10.2 Å². The first kappa shape index (κ1) is 16.8. The molecule has 0 saturated heterocycles. The molecule has 1 unspecified atom stereocenters. The predicted octanol–water partition coefficient (Wildman–Crippen LogP) is 4.71. The lowest BCUT2D eigenvalue weighted by Gasteiger charge is -2.11. The second kappa shape index (κ2) is 6.67. The first-order valence-electron chi connectivity index (χ1n) is 8.41. The molecule has 2 heterocycles. The van der Waals surface area contributed by atoms with Crippen LogP contribution < -0.4 is 0 Å². The Balaban J connectivity index is 2.21. The van der Waals surface area contributed by atoms with Crippen molar-refractivity contribution < 1.29 is 0 Å². The molecule has 0 aromatic carbocycles. The standard InChI is InChI=1S/C18H30N4/c1-12(2)18-16(10-22(20-18)14(5)6)8-15(7)17-9-19-21(11-17)13(3)4/h9-15H,8H2,1-7H3. The van der Waals surface area contributed by atoms with Gasteiger partial charge >= 0.3 is 0 Å². The van der Waals surface area contributed by atoms with E-state index in [1.165, 1.54) is 16.8 Å². The van der Waals surface area contributed by atoms with Gasteiger partial charge in [-0.25, -0.2) is 0 Å². The van der Waals surface area contributed by atoms with Gasteiger partial charge in [0, 0.05) is 24.5 Å². The van der Waals surface area contributed by atoms with E-state index in [1.807, 2.05) is 10.9 Å². The Labute approximate surface area is 134 Å². The second-order valence-electron chi connectivity index (χ2n) is 7.22. The lowest BCUT2D eigenvalue weighted by Crippen LogP contribution is -2.02. The van der Waals surface area contributed by atoms with Crippen LogP contribution >= 0.6 is 0 Å². The Morgan fingerprint density at radius 2 is 1.55 bits per heavy atom. The fraction of sp³-hybridized carbons (Fsp3) is 0.667. The third kappa shape index (κ3) is 3.60. The minimum atomic E-state index is 0.408. The molecule has 0 saturated carbocycles. The number of aromatic nitrogens is 4. The first-order chi connectivity index (χ1) is 10.3. The molecule has 0 bridgehead atoms. The van der Waals surface area contributed by atoms with Gasteiger partial charge in [-0.05, 0) is 57.1 Å². The van der Waals surface area contributed by atoms with Crippen molar-refractivity contribution in [3.63, 3.8) is 0 Å². The zero-order chi connectivity index (χ0) is 16.4. The highest BCUT2D eigenvalue weighted by Crippen LogP contribution is 2.26. The number of rotatable bonds is 6. The fourth-order valence-electron chi connectivity index (χ4n) is 2.69. The van der Waals surface area contributed by atoms with Crippen molar-refractivity contribution in [3.8, 4) is 0 Å². The van der Waals surface area contributed by atoms with Gasteiger partial charge in [0.05, 0.1) is 11.9 Å². The number of nitrogens with zero attached hydrogens (tertiary/aromatic N) is 4. The van der Waals surface area contributed by atoms with Crippen molar-refractivity contribution in [1.82, 2.24) is 19.6 Å². The zero-order valence-corrected chi connectivity index (χ0v) is 15.0. The predicted molar refractivity (Wildman–Crippen MR) is 91.4 cm³/mol. The van der Waals surface area contributed by atoms with Crippen molar-refractivity contribution in [1.29, 1.82) is 0 Å². The molecule has 1 atom stereocenters. The van der Waals surface area contributed by atoms with Crippen LogP contribution in [0.15, 0.2) is 18.6 Å². The summed E-state index contributed by atoms with van der Waals surface area (Å²) >= 11 is 0. The highest BCUT2D eigenvalue weighted by atomic mass is 15.3. The van der Waals surface area contributed by atoms with Crippen molar-refractivity contribution in [2.45, 2.75) is 78.8 Å². The molecule has 122 valence electrons. The van der Waals surface area contributed by atoms with Crippen molar-refractivity contribution in [3.05, 3.63) is 35.4 Å². The third-order valence-electron chi connectivity index (χ3n) is 4.16. The topological polar surface area (TPSA) is 35.6 Å². The fourth-order valence-corrected chi connectivity index (χ4v) is 2.69. The summed E-state index contributed by atoms with van der Waals surface area (Å²) in [5.41, 5.74) is 3.91. The number of hydrogen-bond acceptors (Lipinski definition) is 2. The minimum Gasteiger partial charge on any atom is -0.270 e. The van der Waals surface area contributed by atoms with Crippen LogP contribution in [0, 0.1) is 0 Å². The molecule has 22 heavy (non-hydrogen) atoms. The molecule has 0 fully saturated rings. The molecule has 2 aromatic rings. The largest absolute Gasteiger partial charge is 0.270 e. The van der Waals surface area contributed by atoms with Gasteiger partial charge in [-0.1, -0.05) is 20.8 Å². The minimum absolute atomic E-state index is 0.408. The Bertz CT molecular complexity index is 604. The molecule has 4 heteroatoms. The maximum absolute atomic E-state index is 4.79. The summed E-state index contributed by atoms with van der Waals surface area (Å²) in [7, 11) is 0. The summed E-state index contributed by atoms with van der Waals surface area (Å²) in [6.45, 7) is 15.4. The monoisotopic (exact) mass is 302 g/mol. The third-order valence-corrected chi connectivity index (χ3v) is 4.16. The molecule has 4 nitrogen and oxygen atoms in total. The van der Waals surface area contributed by atoms with Crippen LogP contribution in [0.5, 0.6) is 0 Å². The lowest BCUT2D eigenvalue weighted by atomic mass is 9.94. The van der Waals surface area contributed by atoms with Gasteiger partial charge in [-0.15, -0.1) is 0 Å². The molecular weight excluding hydrogens is 272 g/mol. The van der Waals surface area contributed by atoms with Gasteiger partial charge in [0.2, 0.25) is 0 Å². The van der Waals surface area contributed by atoms with Crippen LogP contribution in [0.25, 0.3) is 0 Å². The molecule has 0 aliphatic rings. The van der Waals surface area contributed by atoms with E-state index < -0.39 is 0 Å². The maximum atomic E-state index is 4.79. The molecule has 0 aliphatic heterocycles.